The minimum Gasteiger partial charge on any atom is -0.361 e. The minimum atomic E-state index is 0.119. The molecule has 2 aromatic carbocycles. The Labute approximate surface area is 146 Å². The van der Waals surface area contributed by atoms with Crippen molar-refractivity contribution in [2.24, 2.45) is 0 Å². The standard InChI is InChI=1S/C20H21N3O2/c1-15-13-17(21-25-15)14-22-9-11-23(12-10-22)20(24)19-8-4-6-16-5-2-3-7-18(16)19/h2-8,13H,9-12,14H2,1H3. The van der Waals surface area contributed by atoms with Crippen LogP contribution in [0.15, 0.2) is 53.1 Å². The van der Waals surface area contributed by atoms with Gasteiger partial charge in [-0.3, -0.25) is 9.69 Å². The smallest absolute Gasteiger partial charge is 0.254 e. The van der Waals surface area contributed by atoms with Crippen molar-refractivity contribution >= 4 is 16.7 Å². The number of aryl methyl sites for hydroxylation is 1. The Kier molecular flexibility index (Phi) is 4.24. The van der Waals surface area contributed by atoms with Crippen LogP contribution in [-0.2, 0) is 6.54 Å². The summed E-state index contributed by atoms with van der Waals surface area (Å²) in [7, 11) is 0. The lowest BCUT2D eigenvalue weighted by molar-refractivity contribution is 0.0627. The molecule has 1 aliphatic rings. The molecule has 0 spiro atoms. The summed E-state index contributed by atoms with van der Waals surface area (Å²) in [5, 5.41) is 6.18. The van der Waals surface area contributed by atoms with E-state index in [4.69, 9.17) is 4.52 Å². The first-order chi connectivity index (χ1) is 12.2. The molecule has 1 aliphatic heterocycles. The Morgan fingerprint density at radius 3 is 2.60 bits per heavy atom. The molecule has 5 heteroatoms. The van der Waals surface area contributed by atoms with E-state index in [1.54, 1.807) is 0 Å². The van der Waals surface area contributed by atoms with E-state index in [0.29, 0.717) is 0 Å². The number of benzene rings is 2. The molecule has 5 nitrogen and oxygen atoms in total. The van der Waals surface area contributed by atoms with Crippen molar-refractivity contribution < 1.29 is 9.32 Å². The molecule has 0 aliphatic carbocycles. The van der Waals surface area contributed by atoms with Gasteiger partial charge in [-0.05, 0) is 23.8 Å². The van der Waals surface area contributed by atoms with Crippen molar-refractivity contribution in [1.82, 2.24) is 15.0 Å². The highest BCUT2D eigenvalue weighted by molar-refractivity contribution is 6.07. The minimum absolute atomic E-state index is 0.119. The third-order valence-corrected chi connectivity index (χ3v) is 4.74. The molecule has 0 N–H and O–H groups in total. The lowest BCUT2D eigenvalue weighted by Gasteiger charge is -2.34. The van der Waals surface area contributed by atoms with Crippen LogP contribution in [-0.4, -0.2) is 47.0 Å². The van der Waals surface area contributed by atoms with E-state index in [1.807, 2.05) is 60.4 Å². The number of fused-ring (bicyclic) bond motifs is 1. The van der Waals surface area contributed by atoms with E-state index in [9.17, 15) is 4.79 Å². The van der Waals surface area contributed by atoms with E-state index in [1.165, 1.54) is 0 Å². The van der Waals surface area contributed by atoms with Gasteiger partial charge in [0.15, 0.2) is 0 Å². The molecule has 1 fully saturated rings. The fraction of sp³-hybridized carbons (Fsp3) is 0.300. The summed E-state index contributed by atoms with van der Waals surface area (Å²) in [5.41, 5.74) is 1.74. The average molecular weight is 335 g/mol. The van der Waals surface area contributed by atoms with Crippen molar-refractivity contribution in [3.63, 3.8) is 0 Å². The van der Waals surface area contributed by atoms with E-state index in [0.717, 1.165) is 60.5 Å². The zero-order valence-electron chi connectivity index (χ0n) is 14.3. The summed E-state index contributed by atoms with van der Waals surface area (Å²) >= 11 is 0. The SMILES string of the molecule is Cc1cc(CN2CCN(C(=O)c3cccc4ccccc34)CC2)no1. The quantitative estimate of drug-likeness (QED) is 0.738. The number of hydrogen-bond donors (Lipinski definition) is 0. The number of piperazine rings is 1. The molecule has 0 radical (unpaired) electrons. The van der Waals surface area contributed by atoms with Crippen LogP contribution in [0.5, 0.6) is 0 Å². The lowest BCUT2D eigenvalue weighted by Crippen LogP contribution is -2.48. The molecular weight excluding hydrogens is 314 g/mol. The van der Waals surface area contributed by atoms with Gasteiger partial charge < -0.3 is 9.42 Å². The van der Waals surface area contributed by atoms with Gasteiger partial charge in [0.25, 0.3) is 5.91 Å². The van der Waals surface area contributed by atoms with E-state index in [2.05, 4.69) is 10.1 Å². The number of nitrogens with zero attached hydrogens (tertiary/aromatic N) is 3. The van der Waals surface area contributed by atoms with Gasteiger partial charge in [-0.25, -0.2) is 0 Å². The Bertz CT molecular complexity index is 889. The zero-order valence-corrected chi connectivity index (χ0v) is 14.3. The maximum Gasteiger partial charge on any atom is 0.254 e. The van der Waals surface area contributed by atoms with Gasteiger partial charge >= 0.3 is 0 Å². The third-order valence-electron chi connectivity index (χ3n) is 4.74. The maximum absolute atomic E-state index is 13.0. The van der Waals surface area contributed by atoms with Crippen LogP contribution in [0.25, 0.3) is 10.8 Å². The van der Waals surface area contributed by atoms with Gasteiger partial charge in [-0.2, -0.15) is 0 Å². The van der Waals surface area contributed by atoms with Gasteiger partial charge in [-0.1, -0.05) is 41.6 Å². The van der Waals surface area contributed by atoms with Gasteiger partial charge in [0.1, 0.15) is 5.76 Å². The Hall–Kier alpha value is -2.66. The van der Waals surface area contributed by atoms with Crippen molar-refractivity contribution in [2.45, 2.75) is 13.5 Å². The Morgan fingerprint density at radius 2 is 1.84 bits per heavy atom. The van der Waals surface area contributed by atoms with Crippen molar-refractivity contribution in [3.8, 4) is 0 Å². The monoisotopic (exact) mass is 335 g/mol. The third kappa shape index (κ3) is 3.28. The van der Waals surface area contributed by atoms with Crippen LogP contribution >= 0.6 is 0 Å². The van der Waals surface area contributed by atoms with Gasteiger partial charge in [-0.15, -0.1) is 0 Å². The number of aromatic nitrogens is 1. The van der Waals surface area contributed by atoms with Crippen LogP contribution in [0.4, 0.5) is 0 Å². The Morgan fingerprint density at radius 1 is 1.08 bits per heavy atom. The summed E-state index contributed by atoms with van der Waals surface area (Å²) in [6.07, 6.45) is 0. The largest absolute Gasteiger partial charge is 0.361 e. The fourth-order valence-electron chi connectivity index (χ4n) is 3.41. The Balaban J connectivity index is 1.44. The number of carbonyl (C=O) groups is 1. The fourth-order valence-corrected chi connectivity index (χ4v) is 3.41. The molecule has 1 aromatic heterocycles. The van der Waals surface area contributed by atoms with Gasteiger partial charge in [0, 0.05) is 44.4 Å². The highest BCUT2D eigenvalue weighted by Crippen LogP contribution is 2.21. The first-order valence-electron chi connectivity index (χ1n) is 8.62. The highest BCUT2D eigenvalue weighted by Gasteiger charge is 2.23. The van der Waals surface area contributed by atoms with E-state index in [-0.39, 0.29) is 5.91 Å². The van der Waals surface area contributed by atoms with Crippen molar-refractivity contribution in [3.05, 3.63) is 65.5 Å². The maximum atomic E-state index is 13.0. The second kappa shape index (κ2) is 6.69. The van der Waals surface area contributed by atoms with Gasteiger partial charge in [0.05, 0.1) is 5.69 Å². The summed E-state index contributed by atoms with van der Waals surface area (Å²) in [4.78, 5) is 17.2. The molecule has 0 bridgehead atoms. The number of carbonyl (C=O) groups excluding carboxylic acids is 1. The van der Waals surface area contributed by atoms with Crippen LogP contribution in [0.1, 0.15) is 21.8 Å². The first kappa shape index (κ1) is 15.8. The predicted molar refractivity (Wildman–Crippen MR) is 96.4 cm³/mol. The molecule has 0 unspecified atom stereocenters. The van der Waals surface area contributed by atoms with Gasteiger partial charge in [0.2, 0.25) is 0 Å². The molecule has 0 saturated carbocycles. The molecular formula is C20H21N3O2. The second-order valence-electron chi connectivity index (χ2n) is 6.52. The summed E-state index contributed by atoms with van der Waals surface area (Å²) in [6.45, 7) is 5.84. The summed E-state index contributed by atoms with van der Waals surface area (Å²) in [5.74, 6) is 0.952. The number of rotatable bonds is 3. The molecule has 3 aromatic rings. The summed E-state index contributed by atoms with van der Waals surface area (Å²) < 4.78 is 5.12. The molecule has 2 heterocycles. The molecule has 1 saturated heterocycles. The predicted octanol–water partition coefficient (Wildman–Crippen LogP) is 3.09. The summed E-state index contributed by atoms with van der Waals surface area (Å²) in [6, 6.07) is 15.9. The number of amides is 1. The van der Waals surface area contributed by atoms with Crippen LogP contribution in [0.3, 0.4) is 0 Å². The van der Waals surface area contributed by atoms with Crippen LogP contribution in [0.2, 0.25) is 0 Å². The average Bonchev–Trinajstić information content (AvgIpc) is 3.06. The molecule has 1 amide bonds. The van der Waals surface area contributed by atoms with E-state index >= 15 is 0 Å². The zero-order chi connectivity index (χ0) is 17.2. The molecule has 4 rings (SSSR count). The topological polar surface area (TPSA) is 49.6 Å². The lowest BCUT2D eigenvalue weighted by atomic mass is 10.0. The first-order valence-corrected chi connectivity index (χ1v) is 8.62. The molecule has 25 heavy (non-hydrogen) atoms. The second-order valence-corrected chi connectivity index (χ2v) is 6.52. The number of hydrogen-bond acceptors (Lipinski definition) is 4. The van der Waals surface area contributed by atoms with Crippen molar-refractivity contribution in [1.29, 1.82) is 0 Å². The van der Waals surface area contributed by atoms with Crippen LogP contribution in [0, 0.1) is 6.92 Å². The molecule has 0 atom stereocenters. The normalized spacial score (nSPS) is 15.6. The van der Waals surface area contributed by atoms with E-state index < -0.39 is 0 Å². The van der Waals surface area contributed by atoms with Crippen molar-refractivity contribution in [2.75, 3.05) is 26.2 Å². The highest BCUT2D eigenvalue weighted by atomic mass is 16.5. The van der Waals surface area contributed by atoms with Crippen LogP contribution < -0.4 is 0 Å². The molecule has 128 valence electrons.